The van der Waals surface area contributed by atoms with Crippen LogP contribution >= 0.6 is 0 Å². The van der Waals surface area contributed by atoms with Crippen molar-refractivity contribution in [2.75, 3.05) is 11.9 Å². The van der Waals surface area contributed by atoms with Gasteiger partial charge in [-0.3, -0.25) is 14.9 Å². The second-order valence-electron chi connectivity index (χ2n) is 7.62. The predicted molar refractivity (Wildman–Crippen MR) is 109 cm³/mol. The minimum absolute atomic E-state index is 0.252. The van der Waals surface area contributed by atoms with Gasteiger partial charge in [-0.2, -0.15) is 5.10 Å². The van der Waals surface area contributed by atoms with Gasteiger partial charge in [0.15, 0.2) is 6.61 Å². The Kier molecular flexibility index (Phi) is 5.81. The van der Waals surface area contributed by atoms with Crippen LogP contribution in [-0.2, 0) is 10.2 Å². The molecule has 1 heterocycles. The van der Waals surface area contributed by atoms with E-state index >= 15 is 0 Å². The van der Waals surface area contributed by atoms with Crippen LogP contribution in [0.25, 0.3) is 5.69 Å². The van der Waals surface area contributed by atoms with Crippen LogP contribution in [0.1, 0.15) is 26.5 Å². The van der Waals surface area contributed by atoms with Gasteiger partial charge in [0.2, 0.25) is 5.75 Å². The number of ether oxygens (including phenoxy) is 1. The summed E-state index contributed by atoms with van der Waals surface area (Å²) in [5.41, 5.74) is 0.847. The van der Waals surface area contributed by atoms with Crippen molar-refractivity contribution in [3.63, 3.8) is 0 Å². The topological polar surface area (TPSA) is 99.3 Å². The van der Waals surface area contributed by atoms with E-state index in [4.69, 9.17) is 4.74 Å². The van der Waals surface area contributed by atoms with Crippen molar-refractivity contribution in [2.45, 2.75) is 26.2 Å². The molecule has 30 heavy (non-hydrogen) atoms. The second kappa shape index (κ2) is 8.32. The predicted octanol–water partition coefficient (Wildman–Crippen LogP) is 4.23. The molecule has 1 aromatic heterocycles. The van der Waals surface area contributed by atoms with Gasteiger partial charge in [0.1, 0.15) is 11.6 Å². The van der Waals surface area contributed by atoms with Crippen LogP contribution in [0.2, 0.25) is 0 Å². The van der Waals surface area contributed by atoms with Crippen LogP contribution in [0, 0.1) is 15.9 Å². The minimum Gasteiger partial charge on any atom is -0.477 e. The Balaban J connectivity index is 1.81. The smallest absolute Gasteiger partial charge is 0.311 e. The summed E-state index contributed by atoms with van der Waals surface area (Å²) in [4.78, 5) is 22.8. The average molecular weight is 412 g/mol. The summed E-state index contributed by atoms with van der Waals surface area (Å²) in [5.74, 6) is -1.16. The molecule has 0 aliphatic rings. The monoisotopic (exact) mass is 412 g/mol. The minimum atomic E-state index is -0.702. The zero-order chi connectivity index (χ0) is 21.9. The van der Waals surface area contributed by atoms with Crippen LogP contribution in [0.5, 0.6) is 5.75 Å². The van der Waals surface area contributed by atoms with Gasteiger partial charge < -0.3 is 10.1 Å². The van der Waals surface area contributed by atoms with Crippen molar-refractivity contribution in [3.8, 4) is 11.4 Å². The SMILES string of the molecule is CC(C)(C)c1cc(NC(=O)COc2cc(F)ccc2[N+](=O)[O-])n(-c2ccccc2)n1. The van der Waals surface area contributed by atoms with Crippen LogP contribution < -0.4 is 10.1 Å². The molecule has 0 bridgehead atoms. The maximum Gasteiger partial charge on any atom is 0.311 e. The van der Waals surface area contributed by atoms with E-state index < -0.39 is 28.9 Å². The van der Waals surface area contributed by atoms with E-state index in [9.17, 15) is 19.3 Å². The molecule has 3 rings (SSSR count). The highest BCUT2D eigenvalue weighted by Gasteiger charge is 2.22. The Morgan fingerprint density at radius 2 is 1.90 bits per heavy atom. The standard InChI is InChI=1S/C21H21FN4O4/c1-21(2,3)18-12-19(25(24-18)15-7-5-4-6-8-15)23-20(27)13-30-17-11-14(22)9-10-16(17)26(28)29/h4-12H,13H2,1-3H3,(H,23,27). The number of nitrogens with one attached hydrogen (secondary N) is 1. The van der Waals surface area contributed by atoms with Crippen LogP contribution in [0.15, 0.2) is 54.6 Å². The number of halogens is 1. The van der Waals surface area contributed by atoms with Crippen molar-refractivity contribution in [1.29, 1.82) is 0 Å². The molecular weight excluding hydrogens is 391 g/mol. The first kappa shape index (κ1) is 21.0. The number of nitrogens with zero attached hydrogens (tertiary/aromatic N) is 3. The van der Waals surface area contributed by atoms with Gasteiger partial charge in [-0.25, -0.2) is 9.07 Å². The number of para-hydroxylation sites is 1. The Labute approximate surface area is 172 Å². The van der Waals surface area contributed by atoms with E-state index in [1.54, 1.807) is 10.7 Å². The molecule has 0 radical (unpaired) electrons. The third kappa shape index (κ3) is 4.80. The molecule has 0 atom stereocenters. The highest BCUT2D eigenvalue weighted by molar-refractivity contribution is 5.91. The number of aromatic nitrogens is 2. The van der Waals surface area contributed by atoms with Gasteiger partial charge in [-0.15, -0.1) is 0 Å². The quantitative estimate of drug-likeness (QED) is 0.482. The third-order valence-corrected chi connectivity index (χ3v) is 4.22. The summed E-state index contributed by atoms with van der Waals surface area (Å²) < 4.78 is 20.2. The Bertz CT molecular complexity index is 1070. The molecule has 0 aliphatic carbocycles. The first-order valence-electron chi connectivity index (χ1n) is 9.18. The van der Waals surface area contributed by atoms with Gasteiger partial charge in [-0.05, 0) is 18.2 Å². The molecule has 0 saturated heterocycles. The van der Waals surface area contributed by atoms with Crippen molar-refractivity contribution < 1.29 is 18.8 Å². The number of hydrogen-bond acceptors (Lipinski definition) is 5. The van der Waals surface area contributed by atoms with Crippen molar-refractivity contribution in [1.82, 2.24) is 9.78 Å². The number of anilines is 1. The highest BCUT2D eigenvalue weighted by atomic mass is 19.1. The van der Waals surface area contributed by atoms with Crippen LogP contribution in [0.3, 0.4) is 0 Å². The molecule has 9 heteroatoms. The molecule has 8 nitrogen and oxygen atoms in total. The van der Waals surface area contributed by atoms with E-state index in [1.807, 2.05) is 51.1 Å². The van der Waals surface area contributed by atoms with E-state index in [2.05, 4.69) is 10.4 Å². The molecule has 1 amide bonds. The molecule has 0 aliphatic heterocycles. The Hall–Kier alpha value is -3.75. The Morgan fingerprint density at radius 1 is 1.20 bits per heavy atom. The van der Waals surface area contributed by atoms with Crippen molar-refractivity contribution in [3.05, 3.63) is 76.2 Å². The van der Waals surface area contributed by atoms with E-state index in [0.29, 0.717) is 5.82 Å². The van der Waals surface area contributed by atoms with E-state index in [1.165, 1.54) is 0 Å². The first-order chi connectivity index (χ1) is 14.1. The third-order valence-electron chi connectivity index (χ3n) is 4.22. The fourth-order valence-corrected chi connectivity index (χ4v) is 2.68. The lowest BCUT2D eigenvalue weighted by Crippen LogP contribution is -2.22. The van der Waals surface area contributed by atoms with E-state index in [0.717, 1.165) is 29.6 Å². The van der Waals surface area contributed by atoms with Gasteiger partial charge in [0, 0.05) is 23.6 Å². The summed E-state index contributed by atoms with van der Waals surface area (Å²) in [7, 11) is 0. The summed E-state index contributed by atoms with van der Waals surface area (Å²) >= 11 is 0. The Morgan fingerprint density at radius 3 is 2.53 bits per heavy atom. The summed E-state index contributed by atoms with van der Waals surface area (Å²) in [6, 6.07) is 13.9. The highest BCUT2D eigenvalue weighted by Crippen LogP contribution is 2.28. The van der Waals surface area contributed by atoms with Crippen molar-refractivity contribution in [2.24, 2.45) is 0 Å². The number of amides is 1. The zero-order valence-electron chi connectivity index (χ0n) is 16.8. The van der Waals surface area contributed by atoms with Gasteiger partial charge >= 0.3 is 5.69 Å². The van der Waals surface area contributed by atoms with Gasteiger partial charge in [0.05, 0.1) is 16.3 Å². The maximum atomic E-state index is 13.4. The fourth-order valence-electron chi connectivity index (χ4n) is 2.68. The lowest BCUT2D eigenvalue weighted by atomic mass is 9.92. The molecule has 156 valence electrons. The molecule has 0 spiro atoms. The zero-order valence-corrected chi connectivity index (χ0v) is 16.8. The van der Waals surface area contributed by atoms with Crippen molar-refractivity contribution >= 4 is 17.4 Å². The number of nitro benzene ring substituents is 1. The second-order valence-corrected chi connectivity index (χ2v) is 7.62. The fraction of sp³-hybridized carbons (Fsp3) is 0.238. The number of hydrogen-bond donors (Lipinski definition) is 1. The molecule has 1 N–H and O–H groups in total. The lowest BCUT2D eigenvalue weighted by molar-refractivity contribution is -0.385. The number of benzene rings is 2. The molecule has 2 aromatic carbocycles. The summed E-state index contributed by atoms with van der Waals surface area (Å²) in [6.45, 7) is 5.47. The number of nitro groups is 1. The van der Waals surface area contributed by atoms with Crippen LogP contribution in [-0.4, -0.2) is 27.2 Å². The number of rotatable bonds is 6. The average Bonchev–Trinajstić information content (AvgIpc) is 3.11. The van der Waals surface area contributed by atoms with Gasteiger partial charge in [0.25, 0.3) is 5.91 Å². The lowest BCUT2D eigenvalue weighted by Gasteiger charge is -2.14. The molecule has 3 aromatic rings. The summed E-state index contributed by atoms with van der Waals surface area (Å²) in [6.07, 6.45) is 0. The molecule has 0 saturated carbocycles. The molecule has 0 unspecified atom stereocenters. The first-order valence-corrected chi connectivity index (χ1v) is 9.18. The largest absolute Gasteiger partial charge is 0.477 e. The van der Waals surface area contributed by atoms with Crippen LogP contribution in [0.4, 0.5) is 15.9 Å². The molecule has 0 fully saturated rings. The normalized spacial score (nSPS) is 11.2. The number of carbonyl (C=O) groups excluding carboxylic acids is 1. The molecular formula is C21H21FN4O4. The number of carbonyl (C=O) groups is 1. The van der Waals surface area contributed by atoms with Gasteiger partial charge in [-0.1, -0.05) is 39.0 Å². The maximum absolute atomic E-state index is 13.4. The van der Waals surface area contributed by atoms with E-state index in [-0.39, 0.29) is 11.2 Å². The summed E-state index contributed by atoms with van der Waals surface area (Å²) in [5, 5.41) is 18.4.